The van der Waals surface area contributed by atoms with Crippen LogP contribution in [-0.4, -0.2) is 13.2 Å². The predicted octanol–water partition coefficient (Wildman–Crippen LogP) is 3.35. The first-order valence-corrected chi connectivity index (χ1v) is 6.20. The van der Waals surface area contributed by atoms with Gasteiger partial charge in [0.25, 0.3) is 0 Å². The minimum Gasteiger partial charge on any atom is -0.494 e. The third kappa shape index (κ3) is 5.80. The van der Waals surface area contributed by atoms with Crippen molar-refractivity contribution in [1.82, 2.24) is 0 Å². The molecule has 0 fully saturated rings. The molecule has 0 saturated heterocycles. The molecule has 1 rings (SSSR count). The Morgan fingerprint density at radius 2 is 1.67 bits per heavy atom. The van der Waals surface area contributed by atoms with Gasteiger partial charge in [-0.3, -0.25) is 0 Å². The summed E-state index contributed by atoms with van der Waals surface area (Å²) in [7, 11) is 0. The Kier molecular flexibility index (Phi) is 6.44. The highest BCUT2D eigenvalue weighted by Gasteiger charge is 1.93. The van der Waals surface area contributed by atoms with E-state index in [1.54, 1.807) is 0 Å². The number of halogens is 1. The molecule has 2 N–H and O–H groups in total. The van der Waals surface area contributed by atoms with E-state index in [9.17, 15) is 0 Å². The highest BCUT2D eigenvalue weighted by molar-refractivity contribution is 9.10. The monoisotopic (exact) mass is 271 g/mol. The van der Waals surface area contributed by atoms with Gasteiger partial charge >= 0.3 is 0 Å². The average Bonchev–Trinajstić information content (AvgIpc) is 2.26. The lowest BCUT2D eigenvalue weighted by Gasteiger charge is -2.05. The summed E-state index contributed by atoms with van der Waals surface area (Å²) in [5.74, 6) is 0.942. The molecule has 0 saturated carbocycles. The van der Waals surface area contributed by atoms with Crippen LogP contribution in [0.3, 0.4) is 0 Å². The first kappa shape index (κ1) is 12.5. The zero-order chi connectivity index (χ0) is 10.9. The van der Waals surface area contributed by atoms with E-state index in [-0.39, 0.29) is 0 Å². The Hall–Kier alpha value is -0.540. The minimum absolute atomic E-state index is 0.798. The molecule has 1 aromatic rings. The maximum Gasteiger partial charge on any atom is 0.119 e. The second kappa shape index (κ2) is 7.71. The van der Waals surface area contributed by atoms with E-state index in [2.05, 4.69) is 15.9 Å². The zero-order valence-corrected chi connectivity index (χ0v) is 10.5. The zero-order valence-electron chi connectivity index (χ0n) is 8.92. The number of hydrogen-bond donors (Lipinski definition) is 1. The van der Waals surface area contributed by atoms with Crippen molar-refractivity contribution < 1.29 is 4.74 Å². The van der Waals surface area contributed by atoms with Crippen LogP contribution >= 0.6 is 15.9 Å². The summed E-state index contributed by atoms with van der Waals surface area (Å²) in [5, 5.41) is 0. The highest BCUT2D eigenvalue weighted by atomic mass is 79.9. The van der Waals surface area contributed by atoms with Crippen LogP contribution in [-0.2, 0) is 0 Å². The molecule has 3 heteroatoms. The molecule has 15 heavy (non-hydrogen) atoms. The van der Waals surface area contributed by atoms with Crippen LogP contribution in [0.25, 0.3) is 0 Å². The summed E-state index contributed by atoms with van der Waals surface area (Å²) >= 11 is 3.39. The number of nitrogens with two attached hydrogens (primary N) is 1. The van der Waals surface area contributed by atoms with Crippen molar-refractivity contribution in [2.45, 2.75) is 25.7 Å². The van der Waals surface area contributed by atoms with Gasteiger partial charge in [-0.15, -0.1) is 0 Å². The van der Waals surface area contributed by atoms with E-state index in [1.807, 2.05) is 24.3 Å². The molecule has 0 aliphatic heterocycles. The molecule has 0 heterocycles. The largest absolute Gasteiger partial charge is 0.494 e. The van der Waals surface area contributed by atoms with Gasteiger partial charge < -0.3 is 10.5 Å². The molecule has 0 aliphatic carbocycles. The number of unbranched alkanes of at least 4 members (excludes halogenated alkanes) is 3. The van der Waals surface area contributed by atoms with Gasteiger partial charge in [-0.05, 0) is 43.7 Å². The van der Waals surface area contributed by atoms with Crippen molar-refractivity contribution in [2.24, 2.45) is 5.73 Å². The number of hydrogen-bond acceptors (Lipinski definition) is 2. The van der Waals surface area contributed by atoms with Gasteiger partial charge in [-0.25, -0.2) is 0 Å². The Balaban J connectivity index is 2.07. The fourth-order valence-corrected chi connectivity index (χ4v) is 1.59. The molecule has 0 bridgehead atoms. The molecular formula is C12H18BrNO. The second-order valence-corrected chi connectivity index (χ2v) is 4.42. The molecule has 0 amide bonds. The quantitative estimate of drug-likeness (QED) is 0.772. The summed E-state index contributed by atoms with van der Waals surface area (Å²) in [6, 6.07) is 7.93. The standard InChI is InChI=1S/C12H18BrNO/c13-11-5-7-12(8-6-11)15-10-4-2-1-3-9-14/h5-8H,1-4,9-10,14H2. The normalized spacial score (nSPS) is 10.3. The fraction of sp³-hybridized carbons (Fsp3) is 0.500. The van der Waals surface area contributed by atoms with Gasteiger partial charge in [0.15, 0.2) is 0 Å². The molecular weight excluding hydrogens is 254 g/mol. The molecule has 84 valence electrons. The number of ether oxygens (including phenoxy) is 1. The number of benzene rings is 1. The van der Waals surface area contributed by atoms with E-state index in [4.69, 9.17) is 10.5 Å². The third-order valence-electron chi connectivity index (χ3n) is 2.18. The van der Waals surface area contributed by atoms with E-state index in [0.29, 0.717) is 0 Å². The fourth-order valence-electron chi connectivity index (χ4n) is 1.32. The van der Waals surface area contributed by atoms with E-state index < -0.39 is 0 Å². The summed E-state index contributed by atoms with van der Waals surface area (Å²) in [6.45, 7) is 1.60. The van der Waals surface area contributed by atoms with Gasteiger partial charge in [-0.1, -0.05) is 28.8 Å². The van der Waals surface area contributed by atoms with Crippen LogP contribution in [0.5, 0.6) is 5.75 Å². The molecule has 0 aliphatic rings. The smallest absolute Gasteiger partial charge is 0.119 e. The minimum atomic E-state index is 0.798. The van der Waals surface area contributed by atoms with Crippen LogP contribution in [0.4, 0.5) is 0 Å². The summed E-state index contributed by atoms with van der Waals surface area (Å²) < 4.78 is 6.67. The summed E-state index contributed by atoms with van der Waals surface area (Å²) in [4.78, 5) is 0. The second-order valence-electron chi connectivity index (χ2n) is 3.51. The molecule has 0 unspecified atom stereocenters. The first-order chi connectivity index (χ1) is 7.33. The van der Waals surface area contributed by atoms with Gasteiger partial charge in [0, 0.05) is 4.47 Å². The Bertz CT molecular complexity index is 261. The molecule has 0 spiro atoms. The first-order valence-electron chi connectivity index (χ1n) is 5.41. The van der Waals surface area contributed by atoms with Crippen molar-refractivity contribution in [3.8, 4) is 5.75 Å². The third-order valence-corrected chi connectivity index (χ3v) is 2.71. The van der Waals surface area contributed by atoms with Crippen molar-refractivity contribution in [3.63, 3.8) is 0 Å². The lowest BCUT2D eigenvalue weighted by Crippen LogP contribution is -2.00. The van der Waals surface area contributed by atoms with Crippen LogP contribution in [0.1, 0.15) is 25.7 Å². The topological polar surface area (TPSA) is 35.2 Å². The lowest BCUT2D eigenvalue weighted by molar-refractivity contribution is 0.305. The van der Waals surface area contributed by atoms with Crippen molar-refractivity contribution >= 4 is 15.9 Å². The van der Waals surface area contributed by atoms with Gasteiger partial charge in [0.1, 0.15) is 5.75 Å². The van der Waals surface area contributed by atoms with Gasteiger partial charge in [-0.2, -0.15) is 0 Å². The molecule has 0 aromatic heterocycles. The van der Waals surface area contributed by atoms with Crippen LogP contribution in [0.15, 0.2) is 28.7 Å². The maximum absolute atomic E-state index is 5.59. The summed E-state index contributed by atoms with van der Waals surface area (Å²) in [5.41, 5.74) is 5.41. The maximum atomic E-state index is 5.59. The SMILES string of the molecule is NCCCCCCOc1ccc(Br)cc1. The van der Waals surface area contributed by atoms with E-state index in [0.717, 1.165) is 36.2 Å². The molecule has 0 atom stereocenters. The Morgan fingerprint density at radius 1 is 1.00 bits per heavy atom. The molecule has 0 radical (unpaired) electrons. The van der Waals surface area contributed by atoms with Gasteiger partial charge in [0.05, 0.1) is 6.61 Å². The summed E-state index contributed by atoms with van der Waals surface area (Å²) in [6.07, 6.45) is 4.64. The lowest BCUT2D eigenvalue weighted by atomic mass is 10.2. The van der Waals surface area contributed by atoms with Crippen molar-refractivity contribution in [1.29, 1.82) is 0 Å². The van der Waals surface area contributed by atoms with Crippen LogP contribution < -0.4 is 10.5 Å². The van der Waals surface area contributed by atoms with Crippen LogP contribution in [0, 0.1) is 0 Å². The predicted molar refractivity (Wildman–Crippen MR) is 67.2 cm³/mol. The average molecular weight is 272 g/mol. The Labute approximate surface area is 99.9 Å². The van der Waals surface area contributed by atoms with Crippen LogP contribution in [0.2, 0.25) is 0 Å². The van der Waals surface area contributed by atoms with Gasteiger partial charge in [0.2, 0.25) is 0 Å². The van der Waals surface area contributed by atoms with E-state index >= 15 is 0 Å². The molecule has 2 nitrogen and oxygen atoms in total. The van der Waals surface area contributed by atoms with Crippen molar-refractivity contribution in [2.75, 3.05) is 13.2 Å². The highest BCUT2D eigenvalue weighted by Crippen LogP contribution is 2.16. The van der Waals surface area contributed by atoms with Crippen molar-refractivity contribution in [3.05, 3.63) is 28.7 Å². The number of rotatable bonds is 7. The Morgan fingerprint density at radius 3 is 2.33 bits per heavy atom. The molecule has 1 aromatic carbocycles. The van der Waals surface area contributed by atoms with E-state index in [1.165, 1.54) is 12.8 Å².